The van der Waals surface area contributed by atoms with Gasteiger partial charge in [0.05, 0.1) is 11.4 Å². The molecule has 1 aromatic heterocycles. The molecule has 1 heterocycles. The predicted molar refractivity (Wildman–Crippen MR) is 100 cm³/mol. The molecule has 0 saturated heterocycles. The highest BCUT2D eigenvalue weighted by Crippen LogP contribution is 2.29. The Labute approximate surface area is 163 Å². The van der Waals surface area contributed by atoms with Gasteiger partial charge < -0.3 is 10.1 Å². The van der Waals surface area contributed by atoms with Crippen LogP contribution in [0, 0.1) is 6.92 Å². The first-order chi connectivity index (χ1) is 13.7. The molecule has 1 amide bonds. The fourth-order valence-corrected chi connectivity index (χ4v) is 2.55. The fourth-order valence-electron chi connectivity index (χ4n) is 2.55. The van der Waals surface area contributed by atoms with Gasteiger partial charge in [-0.15, -0.1) is 13.2 Å². The number of hydrogen-bond acceptors (Lipinski definition) is 4. The monoisotopic (exact) mass is 403 g/mol. The molecule has 9 heteroatoms. The van der Waals surface area contributed by atoms with E-state index in [1.807, 2.05) is 31.2 Å². The van der Waals surface area contributed by atoms with Crippen LogP contribution in [0.5, 0.6) is 5.75 Å². The number of ether oxygens (including phenoxy) is 1. The zero-order valence-corrected chi connectivity index (χ0v) is 15.2. The highest BCUT2D eigenvalue weighted by molar-refractivity contribution is 5.92. The average molecular weight is 403 g/mol. The number of anilines is 1. The predicted octanol–water partition coefficient (Wildman–Crippen LogP) is 3.76. The first-order valence-corrected chi connectivity index (χ1v) is 8.51. The highest BCUT2D eigenvalue weighted by atomic mass is 19.4. The number of benzene rings is 2. The van der Waals surface area contributed by atoms with Crippen LogP contribution in [-0.4, -0.2) is 22.1 Å². The Balaban J connectivity index is 1.79. The molecule has 0 fully saturated rings. The summed E-state index contributed by atoms with van der Waals surface area (Å²) in [6.07, 6.45) is -4.90. The van der Waals surface area contributed by atoms with Crippen molar-refractivity contribution in [3.8, 4) is 17.0 Å². The van der Waals surface area contributed by atoms with Gasteiger partial charge in [0.1, 0.15) is 6.54 Å². The quantitative estimate of drug-likeness (QED) is 0.704. The van der Waals surface area contributed by atoms with E-state index in [4.69, 9.17) is 0 Å². The van der Waals surface area contributed by atoms with Crippen LogP contribution in [0.1, 0.15) is 5.56 Å². The average Bonchev–Trinajstić information content (AvgIpc) is 2.65. The van der Waals surface area contributed by atoms with E-state index in [2.05, 4.69) is 15.2 Å². The molecule has 0 aliphatic rings. The van der Waals surface area contributed by atoms with Crippen LogP contribution in [0.15, 0.2) is 65.5 Å². The van der Waals surface area contributed by atoms with Crippen LogP contribution in [0.4, 0.5) is 18.9 Å². The molecule has 3 aromatic rings. The van der Waals surface area contributed by atoms with Crippen molar-refractivity contribution in [3.63, 3.8) is 0 Å². The molecule has 0 radical (unpaired) electrons. The van der Waals surface area contributed by atoms with Gasteiger partial charge in [-0.2, -0.15) is 5.10 Å². The highest BCUT2D eigenvalue weighted by Gasteiger charge is 2.32. The van der Waals surface area contributed by atoms with Crippen molar-refractivity contribution in [2.75, 3.05) is 5.32 Å². The number of halogens is 3. The molecule has 0 atom stereocenters. The minimum absolute atomic E-state index is 0.169. The molecule has 1 N–H and O–H groups in total. The van der Waals surface area contributed by atoms with Crippen molar-refractivity contribution in [1.82, 2.24) is 9.78 Å². The molecule has 3 rings (SSSR count). The van der Waals surface area contributed by atoms with Gasteiger partial charge >= 0.3 is 6.36 Å². The summed E-state index contributed by atoms with van der Waals surface area (Å²) in [6, 6.07) is 15.4. The molecule has 0 saturated carbocycles. The van der Waals surface area contributed by atoms with E-state index in [1.165, 1.54) is 30.3 Å². The van der Waals surface area contributed by atoms with Gasteiger partial charge in [0, 0.05) is 11.6 Å². The van der Waals surface area contributed by atoms with Gasteiger partial charge in [-0.25, -0.2) is 4.68 Å². The van der Waals surface area contributed by atoms with Crippen molar-refractivity contribution in [3.05, 3.63) is 76.6 Å². The first-order valence-electron chi connectivity index (χ1n) is 8.51. The number of hydrogen-bond donors (Lipinski definition) is 1. The minimum Gasteiger partial charge on any atom is -0.404 e. The number of aromatic nitrogens is 2. The van der Waals surface area contributed by atoms with Crippen LogP contribution in [-0.2, 0) is 11.3 Å². The number of para-hydroxylation sites is 2. The summed E-state index contributed by atoms with van der Waals surface area (Å²) in [5.41, 5.74) is 1.61. The number of rotatable bonds is 5. The van der Waals surface area contributed by atoms with Crippen molar-refractivity contribution in [2.45, 2.75) is 19.8 Å². The summed E-state index contributed by atoms with van der Waals surface area (Å²) in [7, 11) is 0. The summed E-state index contributed by atoms with van der Waals surface area (Å²) in [4.78, 5) is 24.3. The number of nitrogens with one attached hydrogen (secondary N) is 1. The topological polar surface area (TPSA) is 73.2 Å². The fraction of sp³-hybridized carbons (Fsp3) is 0.150. The Bertz CT molecular complexity index is 1080. The number of carbonyl (C=O) groups excluding carboxylic acids is 1. The molecule has 29 heavy (non-hydrogen) atoms. The number of nitrogens with zero attached hydrogens (tertiary/aromatic N) is 2. The second kappa shape index (κ2) is 8.17. The van der Waals surface area contributed by atoms with E-state index in [1.54, 1.807) is 0 Å². The molecule has 0 spiro atoms. The smallest absolute Gasteiger partial charge is 0.404 e. The third-order valence-corrected chi connectivity index (χ3v) is 3.89. The van der Waals surface area contributed by atoms with Crippen LogP contribution < -0.4 is 15.6 Å². The zero-order chi connectivity index (χ0) is 21.0. The van der Waals surface area contributed by atoms with Crippen LogP contribution in [0.3, 0.4) is 0 Å². The number of aryl methyl sites for hydroxylation is 1. The van der Waals surface area contributed by atoms with E-state index >= 15 is 0 Å². The van der Waals surface area contributed by atoms with Gasteiger partial charge in [-0.3, -0.25) is 9.59 Å². The lowest BCUT2D eigenvalue weighted by Crippen LogP contribution is -2.29. The van der Waals surface area contributed by atoms with Gasteiger partial charge in [0.15, 0.2) is 5.75 Å². The lowest BCUT2D eigenvalue weighted by Gasteiger charge is -2.14. The third kappa shape index (κ3) is 5.44. The molecule has 0 bridgehead atoms. The van der Waals surface area contributed by atoms with Crippen LogP contribution >= 0.6 is 0 Å². The summed E-state index contributed by atoms with van der Waals surface area (Å²) in [5.74, 6) is -1.28. The van der Waals surface area contributed by atoms with E-state index in [-0.39, 0.29) is 5.69 Å². The Kier molecular flexibility index (Phi) is 5.67. The molecule has 2 aromatic carbocycles. The maximum absolute atomic E-state index is 12.5. The largest absolute Gasteiger partial charge is 0.573 e. The van der Waals surface area contributed by atoms with Gasteiger partial charge in [0.25, 0.3) is 5.56 Å². The number of carbonyl (C=O) groups is 1. The van der Waals surface area contributed by atoms with Crippen molar-refractivity contribution in [1.29, 1.82) is 0 Å². The third-order valence-electron chi connectivity index (χ3n) is 3.89. The van der Waals surface area contributed by atoms with Crippen LogP contribution in [0.25, 0.3) is 11.3 Å². The van der Waals surface area contributed by atoms with Crippen molar-refractivity contribution >= 4 is 11.6 Å². The number of amides is 1. The zero-order valence-electron chi connectivity index (χ0n) is 15.2. The summed E-state index contributed by atoms with van der Waals surface area (Å²) in [5, 5.41) is 6.48. The second-order valence-corrected chi connectivity index (χ2v) is 6.17. The maximum atomic E-state index is 12.5. The molecule has 0 aliphatic carbocycles. The molecular formula is C20H16F3N3O3. The normalized spacial score (nSPS) is 11.2. The second-order valence-electron chi connectivity index (χ2n) is 6.17. The molecular weight excluding hydrogens is 387 g/mol. The van der Waals surface area contributed by atoms with Crippen molar-refractivity contribution < 1.29 is 22.7 Å². The van der Waals surface area contributed by atoms with Gasteiger partial charge in [-0.1, -0.05) is 42.0 Å². The van der Waals surface area contributed by atoms with Crippen molar-refractivity contribution in [2.24, 2.45) is 0 Å². The Morgan fingerprint density at radius 1 is 1.07 bits per heavy atom. The summed E-state index contributed by atoms with van der Waals surface area (Å²) < 4.78 is 42.3. The molecule has 0 aliphatic heterocycles. The minimum atomic E-state index is -4.90. The molecule has 0 unspecified atom stereocenters. The maximum Gasteiger partial charge on any atom is 0.573 e. The van der Waals surface area contributed by atoms with E-state index in [0.29, 0.717) is 5.69 Å². The Morgan fingerprint density at radius 3 is 2.45 bits per heavy atom. The Morgan fingerprint density at radius 2 is 1.76 bits per heavy atom. The SMILES string of the molecule is Cc1ccc(-c2ccc(=O)n(CC(=O)Nc3ccccc3OC(F)(F)F)n2)cc1. The lowest BCUT2D eigenvalue weighted by molar-refractivity contribution is -0.274. The van der Waals surface area contributed by atoms with E-state index in [0.717, 1.165) is 21.9 Å². The van der Waals surface area contributed by atoms with Gasteiger partial charge in [-0.05, 0) is 25.1 Å². The molecule has 6 nitrogen and oxygen atoms in total. The summed E-state index contributed by atoms with van der Waals surface area (Å²) >= 11 is 0. The van der Waals surface area contributed by atoms with E-state index in [9.17, 15) is 22.8 Å². The van der Waals surface area contributed by atoms with Crippen LogP contribution in [0.2, 0.25) is 0 Å². The molecule has 150 valence electrons. The van der Waals surface area contributed by atoms with Gasteiger partial charge in [0.2, 0.25) is 5.91 Å². The standard InChI is InChI=1S/C20H16F3N3O3/c1-13-6-8-14(9-7-13)15-10-11-19(28)26(25-15)12-18(27)24-16-4-2-3-5-17(16)29-20(21,22)23/h2-11H,12H2,1H3,(H,24,27). The Hall–Kier alpha value is -3.62. The number of alkyl halides is 3. The first kappa shape index (κ1) is 20.1. The lowest BCUT2D eigenvalue weighted by atomic mass is 10.1. The van der Waals surface area contributed by atoms with E-state index < -0.39 is 30.1 Å². The summed E-state index contributed by atoms with van der Waals surface area (Å²) in [6.45, 7) is 1.46.